The van der Waals surface area contributed by atoms with Crippen molar-refractivity contribution in [2.75, 3.05) is 18.5 Å². The molecule has 1 aliphatic rings. The van der Waals surface area contributed by atoms with E-state index in [-0.39, 0.29) is 0 Å². The molecule has 0 bridgehead atoms. The van der Waals surface area contributed by atoms with Crippen LogP contribution in [-0.2, 0) is 4.74 Å². The number of anilines is 1. The van der Waals surface area contributed by atoms with Gasteiger partial charge in [-0.2, -0.15) is 0 Å². The van der Waals surface area contributed by atoms with Gasteiger partial charge < -0.3 is 10.1 Å². The molecule has 5 heteroatoms. The highest BCUT2D eigenvalue weighted by molar-refractivity contribution is 9.10. The van der Waals surface area contributed by atoms with E-state index in [9.17, 15) is 0 Å². The first-order chi connectivity index (χ1) is 8.18. The lowest BCUT2D eigenvalue weighted by atomic mass is 10.1. The quantitative estimate of drug-likeness (QED) is 0.786. The van der Waals surface area contributed by atoms with Crippen molar-refractivity contribution in [3.8, 4) is 0 Å². The van der Waals surface area contributed by atoms with Crippen LogP contribution in [0.15, 0.2) is 16.6 Å². The van der Waals surface area contributed by atoms with Crippen molar-refractivity contribution < 1.29 is 4.74 Å². The smallest absolute Gasteiger partial charge is 0.0835 e. The molecule has 1 aromatic rings. The minimum Gasteiger partial charge on any atom is -0.381 e. The molecule has 17 heavy (non-hydrogen) atoms. The zero-order valence-electron chi connectivity index (χ0n) is 9.31. The Morgan fingerprint density at radius 2 is 2.00 bits per heavy atom. The van der Waals surface area contributed by atoms with Crippen LogP contribution in [0.1, 0.15) is 19.3 Å². The van der Waals surface area contributed by atoms with Crippen LogP contribution < -0.4 is 5.32 Å². The third-order valence-corrected chi connectivity index (χ3v) is 4.62. The summed E-state index contributed by atoms with van der Waals surface area (Å²) in [4.78, 5) is 0. The van der Waals surface area contributed by atoms with Crippen LogP contribution in [0.4, 0.5) is 5.69 Å². The lowest BCUT2D eigenvalue weighted by Crippen LogP contribution is -2.19. The Hall–Kier alpha value is 0.0400. The number of halogens is 3. The van der Waals surface area contributed by atoms with Gasteiger partial charge in [-0.05, 0) is 47.3 Å². The summed E-state index contributed by atoms with van der Waals surface area (Å²) in [5, 5.41) is 4.57. The molecular weight excluding hydrogens is 325 g/mol. The van der Waals surface area contributed by atoms with E-state index in [2.05, 4.69) is 21.2 Å². The van der Waals surface area contributed by atoms with Crippen LogP contribution in [0.5, 0.6) is 0 Å². The molecule has 0 aromatic heterocycles. The maximum absolute atomic E-state index is 6.20. The summed E-state index contributed by atoms with van der Waals surface area (Å²) >= 11 is 15.6. The van der Waals surface area contributed by atoms with Crippen LogP contribution in [-0.4, -0.2) is 19.3 Å². The van der Waals surface area contributed by atoms with E-state index < -0.39 is 0 Å². The molecular formula is C12H14BrCl2NO. The molecule has 1 saturated heterocycles. The molecule has 0 radical (unpaired) electrons. The second-order valence-corrected chi connectivity index (χ2v) is 5.72. The topological polar surface area (TPSA) is 21.3 Å². The average Bonchev–Trinajstić information content (AvgIpc) is 2.59. The van der Waals surface area contributed by atoms with Gasteiger partial charge in [-0.3, -0.25) is 0 Å². The van der Waals surface area contributed by atoms with Crippen molar-refractivity contribution in [3.63, 3.8) is 0 Å². The van der Waals surface area contributed by atoms with E-state index in [1.807, 2.05) is 12.1 Å². The molecule has 1 unspecified atom stereocenters. The fraction of sp³-hybridized carbons (Fsp3) is 0.500. The monoisotopic (exact) mass is 337 g/mol. The van der Waals surface area contributed by atoms with Gasteiger partial charge in [-0.1, -0.05) is 23.2 Å². The number of rotatable bonds is 2. The van der Waals surface area contributed by atoms with E-state index in [0.29, 0.717) is 16.1 Å². The standard InChI is InChI=1S/C12H14BrCl2NO/c13-9-3-4-10(12(15)11(9)14)16-8-2-1-6-17-7-5-8/h3-4,8,16H,1-2,5-7H2. The van der Waals surface area contributed by atoms with Crippen molar-refractivity contribution in [3.05, 3.63) is 26.7 Å². The molecule has 2 rings (SSSR count). The first-order valence-corrected chi connectivity index (χ1v) is 7.21. The van der Waals surface area contributed by atoms with Gasteiger partial charge >= 0.3 is 0 Å². The molecule has 0 spiro atoms. The zero-order valence-corrected chi connectivity index (χ0v) is 12.4. The third kappa shape index (κ3) is 3.50. The lowest BCUT2D eigenvalue weighted by molar-refractivity contribution is 0.144. The maximum Gasteiger partial charge on any atom is 0.0835 e. The largest absolute Gasteiger partial charge is 0.381 e. The van der Waals surface area contributed by atoms with E-state index in [1.54, 1.807) is 0 Å². The Labute approximate surface area is 120 Å². The minimum absolute atomic E-state index is 0.409. The molecule has 0 aliphatic carbocycles. The normalized spacial score (nSPS) is 21.0. The Kier molecular flexibility index (Phi) is 4.97. The van der Waals surface area contributed by atoms with Crippen molar-refractivity contribution in [1.82, 2.24) is 0 Å². The highest BCUT2D eigenvalue weighted by Crippen LogP contribution is 2.36. The van der Waals surface area contributed by atoms with E-state index in [1.165, 1.54) is 0 Å². The van der Waals surface area contributed by atoms with Gasteiger partial charge in [0, 0.05) is 23.7 Å². The van der Waals surface area contributed by atoms with E-state index in [0.717, 1.165) is 42.6 Å². The van der Waals surface area contributed by atoms with Crippen LogP contribution in [0.2, 0.25) is 10.0 Å². The Morgan fingerprint density at radius 1 is 1.18 bits per heavy atom. The van der Waals surface area contributed by atoms with Crippen molar-refractivity contribution in [2.45, 2.75) is 25.3 Å². The Morgan fingerprint density at radius 3 is 2.82 bits per heavy atom. The predicted octanol–water partition coefficient (Wildman–Crippen LogP) is 4.74. The summed E-state index contributed by atoms with van der Waals surface area (Å²) < 4.78 is 6.25. The SMILES string of the molecule is Clc1c(Br)ccc(NC2CCCOCC2)c1Cl. The fourth-order valence-electron chi connectivity index (χ4n) is 1.91. The molecule has 94 valence electrons. The van der Waals surface area contributed by atoms with Crippen molar-refractivity contribution in [2.24, 2.45) is 0 Å². The van der Waals surface area contributed by atoms with Crippen LogP contribution in [0.3, 0.4) is 0 Å². The van der Waals surface area contributed by atoms with Crippen LogP contribution in [0.25, 0.3) is 0 Å². The number of hydrogen-bond acceptors (Lipinski definition) is 2. The molecule has 1 atom stereocenters. The fourth-order valence-corrected chi connectivity index (χ4v) is 2.73. The van der Waals surface area contributed by atoms with E-state index in [4.69, 9.17) is 27.9 Å². The highest BCUT2D eigenvalue weighted by atomic mass is 79.9. The summed E-state index contributed by atoms with van der Waals surface area (Å²) in [7, 11) is 0. The van der Waals surface area contributed by atoms with E-state index >= 15 is 0 Å². The Bertz CT molecular complexity index is 392. The maximum atomic E-state index is 6.20. The number of ether oxygens (including phenoxy) is 1. The summed E-state index contributed by atoms with van der Waals surface area (Å²) in [6.45, 7) is 1.66. The number of nitrogens with one attached hydrogen (secondary N) is 1. The van der Waals surface area contributed by atoms with Gasteiger partial charge in [0.2, 0.25) is 0 Å². The second-order valence-electron chi connectivity index (χ2n) is 4.11. The summed E-state index contributed by atoms with van der Waals surface area (Å²) in [5.41, 5.74) is 0.895. The predicted molar refractivity (Wildman–Crippen MR) is 76.2 cm³/mol. The number of benzene rings is 1. The molecule has 0 amide bonds. The molecule has 0 saturated carbocycles. The van der Waals surface area contributed by atoms with Gasteiger partial charge in [0.25, 0.3) is 0 Å². The van der Waals surface area contributed by atoms with Crippen LogP contribution >= 0.6 is 39.1 Å². The highest BCUT2D eigenvalue weighted by Gasteiger charge is 2.15. The van der Waals surface area contributed by atoms with Gasteiger partial charge in [-0.15, -0.1) is 0 Å². The van der Waals surface area contributed by atoms with Gasteiger partial charge in [-0.25, -0.2) is 0 Å². The van der Waals surface area contributed by atoms with Gasteiger partial charge in [0.1, 0.15) is 0 Å². The molecule has 1 heterocycles. The summed E-state index contributed by atoms with van der Waals surface area (Å²) in [6, 6.07) is 4.26. The first kappa shape index (κ1) is 13.5. The minimum atomic E-state index is 0.409. The zero-order chi connectivity index (χ0) is 12.3. The number of hydrogen-bond donors (Lipinski definition) is 1. The molecule has 2 nitrogen and oxygen atoms in total. The molecule has 1 aromatic carbocycles. The van der Waals surface area contributed by atoms with Crippen LogP contribution in [0, 0.1) is 0 Å². The lowest BCUT2D eigenvalue weighted by Gasteiger charge is -2.18. The summed E-state index contributed by atoms with van der Waals surface area (Å²) in [5.74, 6) is 0. The molecule has 1 aliphatic heterocycles. The average molecular weight is 339 g/mol. The first-order valence-electron chi connectivity index (χ1n) is 5.66. The molecule has 1 fully saturated rings. The van der Waals surface area contributed by atoms with Crippen molar-refractivity contribution in [1.29, 1.82) is 0 Å². The van der Waals surface area contributed by atoms with Gasteiger partial charge in [0.15, 0.2) is 0 Å². The second kappa shape index (κ2) is 6.28. The summed E-state index contributed by atoms with van der Waals surface area (Å²) in [6.07, 6.45) is 3.19. The third-order valence-electron chi connectivity index (χ3n) is 2.85. The Balaban J connectivity index is 2.09. The van der Waals surface area contributed by atoms with Gasteiger partial charge in [0.05, 0.1) is 15.7 Å². The molecule has 1 N–H and O–H groups in total. The van der Waals surface area contributed by atoms with Crippen molar-refractivity contribution >= 4 is 44.8 Å².